The highest BCUT2D eigenvalue weighted by molar-refractivity contribution is 6.39. The summed E-state index contributed by atoms with van der Waals surface area (Å²) in [5.41, 5.74) is 0. The largest absolute Gasteiger partial charge is 0.320 e. The molecule has 0 saturated heterocycles. The quantitative estimate of drug-likeness (QED) is 0.572. The Bertz CT molecular complexity index is 254. The maximum Gasteiger partial charge on any atom is 0.0766 e. The number of hydrogen-bond acceptors (Lipinski definition) is 3. The first-order chi connectivity index (χ1) is 8.74. The van der Waals surface area contributed by atoms with Gasteiger partial charge in [0.25, 0.3) is 0 Å². The number of nitrogens with zero attached hydrogens (tertiary/aromatic N) is 2. The van der Waals surface area contributed by atoms with Crippen molar-refractivity contribution in [3.8, 4) is 0 Å². The molecule has 1 N–H and O–H groups in total. The van der Waals surface area contributed by atoms with Gasteiger partial charge in [0.2, 0.25) is 0 Å². The van der Waals surface area contributed by atoms with Crippen molar-refractivity contribution < 1.29 is 0 Å². The zero-order chi connectivity index (χ0) is 13.6. The first-order valence-corrected chi connectivity index (χ1v) is 7.08. The summed E-state index contributed by atoms with van der Waals surface area (Å²) in [7, 11) is 2.00. The number of aliphatic imine (C=N–C) groups is 2. The van der Waals surface area contributed by atoms with Crippen LogP contribution in [0.4, 0.5) is 0 Å². The predicted octanol–water partition coefficient (Wildman–Crippen LogP) is 3.64. The molecular formula is C14H26ClN3. The molecule has 3 nitrogen and oxygen atoms in total. The second kappa shape index (κ2) is 12.8. The first kappa shape index (κ1) is 17.3. The molecule has 0 rings (SSSR count). The number of halogens is 1. The van der Waals surface area contributed by atoms with Crippen molar-refractivity contribution in [2.45, 2.75) is 39.0 Å². The molecule has 0 aliphatic rings. The predicted molar refractivity (Wildman–Crippen MR) is 83.0 cm³/mol. The summed E-state index contributed by atoms with van der Waals surface area (Å²) in [4.78, 5) is 7.90. The van der Waals surface area contributed by atoms with Crippen molar-refractivity contribution in [2.24, 2.45) is 15.9 Å². The molecule has 0 amide bonds. The minimum absolute atomic E-state index is 0.533. The van der Waals surface area contributed by atoms with Gasteiger partial charge >= 0.3 is 0 Å². The number of rotatable bonds is 11. The van der Waals surface area contributed by atoms with E-state index in [0.717, 1.165) is 25.4 Å². The lowest BCUT2D eigenvalue weighted by atomic mass is 9.95. The maximum absolute atomic E-state index is 5.83. The van der Waals surface area contributed by atoms with E-state index >= 15 is 0 Å². The average Bonchev–Trinajstić information content (AvgIpc) is 2.37. The van der Waals surface area contributed by atoms with Crippen molar-refractivity contribution in [1.82, 2.24) is 5.32 Å². The van der Waals surface area contributed by atoms with E-state index < -0.39 is 0 Å². The Morgan fingerprint density at radius 1 is 1.39 bits per heavy atom. The van der Waals surface area contributed by atoms with Gasteiger partial charge in [-0.1, -0.05) is 37.8 Å². The monoisotopic (exact) mass is 271 g/mol. The van der Waals surface area contributed by atoms with Gasteiger partial charge in [0.05, 0.1) is 5.03 Å². The van der Waals surface area contributed by atoms with Gasteiger partial charge in [-0.15, -0.1) is 0 Å². The highest BCUT2D eigenvalue weighted by atomic mass is 35.5. The summed E-state index contributed by atoms with van der Waals surface area (Å²) in [6, 6.07) is 0. The lowest BCUT2D eigenvalue weighted by Crippen LogP contribution is -2.14. The van der Waals surface area contributed by atoms with E-state index in [-0.39, 0.29) is 0 Å². The zero-order valence-electron chi connectivity index (χ0n) is 11.7. The van der Waals surface area contributed by atoms with Gasteiger partial charge in [0, 0.05) is 19.0 Å². The van der Waals surface area contributed by atoms with Crippen molar-refractivity contribution in [1.29, 1.82) is 0 Å². The Kier molecular flexibility index (Phi) is 12.3. The van der Waals surface area contributed by atoms with Crippen LogP contribution < -0.4 is 5.32 Å². The first-order valence-electron chi connectivity index (χ1n) is 6.70. The molecule has 0 aromatic carbocycles. The normalized spacial score (nSPS) is 14.1. The smallest absolute Gasteiger partial charge is 0.0766 e. The van der Waals surface area contributed by atoms with Crippen LogP contribution in [0.3, 0.4) is 0 Å². The molecule has 18 heavy (non-hydrogen) atoms. The van der Waals surface area contributed by atoms with E-state index in [1.54, 1.807) is 6.21 Å². The van der Waals surface area contributed by atoms with Gasteiger partial charge in [-0.05, 0) is 39.1 Å². The van der Waals surface area contributed by atoms with Crippen LogP contribution in [0, 0.1) is 5.92 Å². The van der Waals surface area contributed by atoms with Crippen molar-refractivity contribution in [2.75, 3.05) is 20.1 Å². The summed E-state index contributed by atoms with van der Waals surface area (Å²) in [6.07, 6.45) is 9.38. The van der Waals surface area contributed by atoms with Crippen molar-refractivity contribution in [3.63, 3.8) is 0 Å². The van der Waals surface area contributed by atoms with Gasteiger partial charge in [0.1, 0.15) is 0 Å². The number of hydrogen-bond donors (Lipinski definition) is 1. The lowest BCUT2D eigenvalue weighted by Gasteiger charge is -2.14. The molecule has 0 aliphatic heterocycles. The van der Waals surface area contributed by atoms with E-state index in [2.05, 4.69) is 28.9 Å². The molecule has 1 atom stereocenters. The molecule has 0 radical (unpaired) electrons. The SMILES string of the molecule is C=N/C=C(Cl)\C=N/CCC(CCCC)CCNC. The van der Waals surface area contributed by atoms with Gasteiger partial charge in [-0.2, -0.15) is 0 Å². The molecule has 0 saturated carbocycles. The second-order valence-electron chi connectivity index (χ2n) is 4.42. The van der Waals surface area contributed by atoms with Gasteiger partial charge in [0.15, 0.2) is 0 Å². The van der Waals surface area contributed by atoms with Crippen LogP contribution in [0.2, 0.25) is 0 Å². The van der Waals surface area contributed by atoms with Crippen LogP contribution in [-0.2, 0) is 0 Å². The standard InChI is InChI=1S/C14H26ClN3/c1-4-5-6-13(7-9-16-2)8-10-18-12-14(15)11-17-3/h11-13,16H,3-10H2,1-2H3/b14-11+,18-12-. The third-order valence-electron chi connectivity index (χ3n) is 2.86. The minimum atomic E-state index is 0.533. The molecule has 1 unspecified atom stereocenters. The van der Waals surface area contributed by atoms with E-state index in [4.69, 9.17) is 11.6 Å². The molecule has 0 fully saturated rings. The van der Waals surface area contributed by atoms with E-state index in [0.29, 0.717) is 5.03 Å². The molecule has 0 aliphatic carbocycles. The zero-order valence-corrected chi connectivity index (χ0v) is 12.4. The second-order valence-corrected chi connectivity index (χ2v) is 4.86. The Hall–Kier alpha value is -0.670. The van der Waals surface area contributed by atoms with Crippen molar-refractivity contribution in [3.05, 3.63) is 11.2 Å². The minimum Gasteiger partial charge on any atom is -0.320 e. The third kappa shape index (κ3) is 10.5. The van der Waals surface area contributed by atoms with Crippen LogP contribution in [0.25, 0.3) is 0 Å². The Morgan fingerprint density at radius 2 is 2.17 bits per heavy atom. The average molecular weight is 272 g/mol. The number of unbranched alkanes of at least 4 members (excludes halogenated alkanes) is 1. The van der Waals surface area contributed by atoms with Crippen LogP contribution in [0.15, 0.2) is 21.2 Å². The fourth-order valence-electron chi connectivity index (χ4n) is 1.80. The Morgan fingerprint density at radius 3 is 2.78 bits per heavy atom. The molecule has 0 spiro atoms. The van der Waals surface area contributed by atoms with Crippen LogP contribution in [0.5, 0.6) is 0 Å². The van der Waals surface area contributed by atoms with Crippen molar-refractivity contribution >= 4 is 24.5 Å². The fraction of sp³-hybridized carbons (Fsp3) is 0.714. The summed E-state index contributed by atoms with van der Waals surface area (Å²) in [5, 5.41) is 3.74. The molecule has 0 bridgehead atoms. The van der Waals surface area contributed by atoms with Crippen LogP contribution in [0.1, 0.15) is 39.0 Å². The molecular weight excluding hydrogens is 246 g/mol. The molecule has 0 heterocycles. The highest BCUT2D eigenvalue weighted by Gasteiger charge is 2.06. The third-order valence-corrected chi connectivity index (χ3v) is 3.06. The molecule has 0 aromatic rings. The van der Waals surface area contributed by atoms with Gasteiger partial charge in [-0.3, -0.25) is 9.98 Å². The summed E-state index contributed by atoms with van der Waals surface area (Å²) >= 11 is 5.83. The molecule has 4 heteroatoms. The highest BCUT2D eigenvalue weighted by Crippen LogP contribution is 2.16. The van der Waals surface area contributed by atoms with Gasteiger partial charge in [-0.25, -0.2) is 0 Å². The lowest BCUT2D eigenvalue weighted by molar-refractivity contribution is 0.407. The number of allylic oxidation sites excluding steroid dienone is 1. The molecule has 104 valence electrons. The van der Waals surface area contributed by atoms with Crippen LogP contribution >= 0.6 is 11.6 Å². The fourth-order valence-corrected chi connectivity index (χ4v) is 1.94. The number of nitrogens with one attached hydrogen (secondary N) is 1. The summed E-state index contributed by atoms with van der Waals surface area (Å²) in [5.74, 6) is 0.759. The van der Waals surface area contributed by atoms with E-state index in [1.807, 2.05) is 7.05 Å². The Balaban J connectivity index is 3.93. The topological polar surface area (TPSA) is 36.8 Å². The van der Waals surface area contributed by atoms with Gasteiger partial charge < -0.3 is 5.32 Å². The summed E-state index contributed by atoms with van der Waals surface area (Å²) < 4.78 is 0. The maximum atomic E-state index is 5.83. The summed E-state index contributed by atoms with van der Waals surface area (Å²) in [6.45, 7) is 7.50. The van der Waals surface area contributed by atoms with Crippen LogP contribution in [-0.4, -0.2) is 33.1 Å². The van der Waals surface area contributed by atoms with E-state index in [1.165, 1.54) is 31.9 Å². The Labute approximate surface area is 116 Å². The molecule has 0 aromatic heterocycles. The van der Waals surface area contributed by atoms with E-state index in [9.17, 15) is 0 Å².